The summed E-state index contributed by atoms with van der Waals surface area (Å²) in [4.78, 5) is 63.1. The maximum Gasteiger partial charge on any atom is 0.330 e. The second-order valence-electron chi connectivity index (χ2n) is 7.60. The smallest absolute Gasteiger partial charge is 0.330 e. The zero-order valence-electron chi connectivity index (χ0n) is 18.8. The van der Waals surface area contributed by atoms with Crippen LogP contribution in [-0.4, -0.2) is 60.4 Å². The minimum absolute atomic E-state index is 0.0479. The molecule has 0 aliphatic carbocycles. The molecule has 3 amide bonds. The molecule has 178 valence electrons. The average molecular weight is 466 g/mol. The Kier molecular flexibility index (Phi) is 8.50. The lowest BCUT2D eigenvalue weighted by atomic mass is 10.0. The van der Waals surface area contributed by atoms with Crippen LogP contribution in [0, 0.1) is 0 Å². The number of nitrogens with one attached hydrogen (secondary N) is 1. The number of nitrogens with zero attached hydrogens (tertiary/aromatic N) is 1. The molecular formula is C25H26N2O7. The normalized spacial score (nSPS) is 13.3. The van der Waals surface area contributed by atoms with E-state index in [0.717, 1.165) is 10.5 Å². The second kappa shape index (κ2) is 11.7. The molecule has 0 bridgehead atoms. The van der Waals surface area contributed by atoms with Crippen molar-refractivity contribution in [2.24, 2.45) is 0 Å². The van der Waals surface area contributed by atoms with Crippen LogP contribution < -0.4 is 5.32 Å². The summed E-state index contributed by atoms with van der Waals surface area (Å²) in [5.41, 5.74) is 1.17. The third-order valence-corrected chi connectivity index (χ3v) is 5.21. The van der Waals surface area contributed by atoms with Gasteiger partial charge in [-0.05, 0) is 31.0 Å². The fourth-order valence-electron chi connectivity index (χ4n) is 3.59. The van der Waals surface area contributed by atoms with Gasteiger partial charge in [0.25, 0.3) is 17.7 Å². The van der Waals surface area contributed by atoms with Gasteiger partial charge >= 0.3 is 11.9 Å². The fourth-order valence-corrected chi connectivity index (χ4v) is 3.59. The Hall–Kier alpha value is -4.01. The van der Waals surface area contributed by atoms with Gasteiger partial charge in [-0.3, -0.25) is 24.1 Å². The number of imide groups is 1. The highest BCUT2D eigenvalue weighted by Gasteiger charge is 2.43. The number of fused-ring (bicyclic) bond motifs is 1. The van der Waals surface area contributed by atoms with Crippen LogP contribution in [-0.2, 0) is 30.3 Å². The number of carbonyl (C=O) groups excluding carboxylic acids is 5. The van der Waals surface area contributed by atoms with E-state index in [0.29, 0.717) is 13.0 Å². The summed E-state index contributed by atoms with van der Waals surface area (Å²) >= 11 is 0. The van der Waals surface area contributed by atoms with E-state index >= 15 is 0 Å². The van der Waals surface area contributed by atoms with E-state index in [1.54, 1.807) is 43.3 Å². The van der Waals surface area contributed by atoms with Crippen LogP contribution in [0.3, 0.4) is 0 Å². The van der Waals surface area contributed by atoms with Gasteiger partial charge < -0.3 is 14.8 Å². The van der Waals surface area contributed by atoms with Gasteiger partial charge in [-0.25, -0.2) is 4.79 Å². The van der Waals surface area contributed by atoms with Crippen molar-refractivity contribution in [3.63, 3.8) is 0 Å². The molecule has 1 aliphatic heterocycles. The van der Waals surface area contributed by atoms with Crippen molar-refractivity contribution < 1.29 is 33.4 Å². The molecule has 2 aromatic carbocycles. The molecule has 2 aromatic rings. The van der Waals surface area contributed by atoms with Crippen LogP contribution in [0.4, 0.5) is 0 Å². The third kappa shape index (κ3) is 6.06. The van der Waals surface area contributed by atoms with Crippen LogP contribution in [0.1, 0.15) is 46.0 Å². The largest absolute Gasteiger partial charge is 0.466 e. The quantitative estimate of drug-likeness (QED) is 0.305. The Morgan fingerprint density at radius 2 is 1.53 bits per heavy atom. The lowest BCUT2D eigenvalue weighted by molar-refractivity contribution is -0.152. The molecule has 1 aliphatic rings. The van der Waals surface area contributed by atoms with Crippen molar-refractivity contribution in [1.82, 2.24) is 10.2 Å². The number of ether oxygens (including phenoxy) is 2. The molecular weight excluding hydrogens is 440 g/mol. The maximum absolute atomic E-state index is 13.0. The van der Waals surface area contributed by atoms with Gasteiger partial charge in [0.2, 0.25) is 0 Å². The predicted molar refractivity (Wildman–Crippen MR) is 121 cm³/mol. The number of hydrogen-bond donors (Lipinski definition) is 1. The monoisotopic (exact) mass is 466 g/mol. The van der Waals surface area contributed by atoms with E-state index in [-0.39, 0.29) is 36.5 Å². The first-order chi connectivity index (χ1) is 16.4. The summed E-state index contributed by atoms with van der Waals surface area (Å²) in [5.74, 6) is -2.94. The number of carbonyl (C=O) groups is 5. The third-order valence-electron chi connectivity index (χ3n) is 5.21. The summed E-state index contributed by atoms with van der Waals surface area (Å²) in [6.07, 6.45) is 0.587. The Morgan fingerprint density at radius 1 is 0.912 bits per heavy atom. The molecule has 0 fully saturated rings. The molecule has 1 heterocycles. The standard InChI is InChI=1S/C25H26N2O7/c1-2-33-22(29)13-8-14-26-21(28)16-34-25(32)20(15-17-9-4-3-5-10-17)27-23(30)18-11-6-7-12-19(18)24(27)31/h3-7,9-12,20H,2,8,13-16H2,1H3,(H,26,28). The van der Waals surface area contributed by atoms with Crippen LogP contribution in [0.15, 0.2) is 54.6 Å². The predicted octanol–water partition coefficient (Wildman–Crippen LogP) is 1.90. The number of amides is 3. The zero-order valence-corrected chi connectivity index (χ0v) is 18.8. The Morgan fingerprint density at radius 3 is 2.15 bits per heavy atom. The summed E-state index contributed by atoms with van der Waals surface area (Å²) < 4.78 is 9.99. The van der Waals surface area contributed by atoms with E-state index in [1.807, 2.05) is 6.07 Å². The van der Waals surface area contributed by atoms with Crippen LogP contribution in [0.25, 0.3) is 0 Å². The van der Waals surface area contributed by atoms with E-state index in [9.17, 15) is 24.0 Å². The highest BCUT2D eigenvalue weighted by molar-refractivity contribution is 6.22. The van der Waals surface area contributed by atoms with Crippen molar-refractivity contribution in [1.29, 1.82) is 0 Å². The Labute approximate surface area is 197 Å². The molecule has 0 aromatic heterocycles. The highest BCUT2D eigenvalue weighted by Crippen LogP contribution is 2.26. The average Bonchev–Trinajstić information content (AvgIpc) is 3.09. The summed E-state index contributed by atoms with van der Waals surface area (Å²) in [7, 11) is 0. The first-order valence-electron chi connectivity index (χ1n) is 11.0. The number of benzene rings is 2. The zero-order chi connectivity index (χ0) is 24.5. The SMILES string of the molecule is CCOC(=O)CCCNC(=O)COC(=O)C(Cc1ccccc1)N1C(=O)c2ccccc2C1=O. The molecule has 1 N–H and O–H groups in total. The van der Waals surface area contributed by atoms with E-state index in [4.69, 9.17) is 9.47 Å². The molecule has 0 radical (unpaired) electrons. The van der Waals surface area contributed by atoms with Gasteiger partial charge in [0.1, 0.15) is 6.04 Å². The number of esters is 2. The van der Waals surface area contributed by atoms with Crippen molar-refractivity contribution in [2.75, 3.05) is 19.8 Å². The van der Waals surface area contributed by atoms with Crippen LogP contribution in [0.2, 0.25) is 0 Å². The van der Waals surface area contributed by atoms with Crippen LogP contribution >= 0.6 is 0 Å². The topological polar surface area (TPSA) is 119 Å². The van der Waals surface area contributed by atoms with Gasteiger partial charge in [-0.2, -0.15) is 0 Å². The molecule has 9 nitrogen and oxygen atoms in total. The highest BCUT2D eigenvalue weighted by atomic mass is 16.5. The van der Waals surface area contributed by atoms with Gasteiger partial charge in [0.05, 0.1) is 17.7 Å². The maximum atomic E-state index is 13.0. The minimum atomic E-state index is -1.23. The molecule has 34 heavy (non-hydrogen) atoms. The minimum Gasteiger partial charge on any atom is -0.466 e. The van der Waals surface area contributed by atoms with Gasteiger partial charge in [-0.15, -0.1) is 0 Å². The molecule has 1 atom stereocenters. The van der Waals surface area contributed by atoms with Crippen molar-refractivity contribution >= 4 is 29.7 Å². The van der Waals surface area contributed by atoms with Crippen molar-refractivity contribution in [3.8, 4) is 0 Å². The Balaban J connectivity index is 1.63. The number of rotatable bonds is 11. The molecule has 0 spiro atoms. The fraction of sp³-hybridized carbons (Fsp3) is 0.320. The molecule has 9 heteroatoms. The van der Waals surface area contributed by atoms with Crippen molar-refractivity contribution in [2.45, 2.75) is 32.2 Å². The van der Waals surface area contributed by atoms with Gasteiger partial charge in [0, 0.05) is 19.4 Å². The summed E-state index contributed by atoms with van der Waals surface area (Å²) in [6.45, 7) is 1.63. The van der Waals surface area contributed by atoms with Gasteiger partial charge in [0.15, 0.2) is 6.61 Å². The lowest BCUT2D eigenvalue weighted by Gasteiger charge is -2.24. The number of hydrogen-bond acceptors (Lipinski definition) is 7. The van der Waals surface area contributed by atoms with Crippen molar-refractivity contribution in [3.05, 3.63) is 71.3 Å². The van der Waals surface area contributed by atoms with E-state index in [2.05, 4.69) is 5.32 Å². The first-order valence-corrected chi connectivity index (χ1v) is 11.0. The van der Waals surface area contributed by atoms with E-state index in [1.165, 1.54) is 12.1 Å². The summed E-state index contributed by atoms with van der Waals surface area (Å²) in [5, 5.41) is 2.55. The lowest BCUT2D eigenvalue weighted by Crippen LogP contribution is -2.47. The van der Waals surface area contributed by atoms with Gasteiger partial charge in [-0.1, -0.05) is 42.5 Å². The van der Waals surface area contributed by atoms with E-state index < -0.39 is 36.3 Å². The second-order valence-corrected chi connectivity index (χ2v) is 7.60. The molecule has 3 rings (SSSR count). The Bertz CT molecular complexity index is 1030. The first kappa shape index (κ1) is 24.6. The molecule has 1 unspecified atom stereocenters. The molecule has 0 saturated carbocycles. The molecule has 0 saturated heterocycles. The van der Waals surface area contributed by atoms with Crippen LogP contribution in [0.5, 0.6) is 0 Å². The summed E-state index contributed by atoms with van der Waals surface area (Å²) in [6, 6.07) is 14.0.